The normalized spacial score (nSPS) is 10.7. The van der Waals surface area contributed by atoms with E-state index in [1.165, 1.54) is 6.26 Å². The minimum absolute atomic E-state index is 0.0234. The molecule has 2 aromatic carbocycles. The van der Waals surface area contributed by atoms with Gasteiger partial charge in [-0.15, -0.1) is 0 Å². The van der Waals surface area contributed by atoms with E-state index in [9.17, 15) is 9.59 Å². The van der Waals surface area contributed by atoms with E-state index < -0.39 is 0 Å². The monoisotopic (exact) mass is 358 g/mol. The summed E-state index contributed by atoms with van der Waals surface area (Å²) in [6.45, 7) is 1.63. The van der Waals surface area contributed by atoms with Gasteiger partial charge in [-0.25, -0.2) is 0 Å². The summed E-state index contributed by atoms with van der Waals surface area (Å²) in [5.41, 5.74) is 1.25. The van der Waals surface area contributed by atoms with Crippen LogP contribution in [0.1, 0.15) is 15.9 Å². The van der Waals surface area contributed by atoms with Crippen molar-refractivity contribution in [2.45, 2.75) is 6.92 Å². The van der Waals surface area contributed by atoms with Crippen LogP contribution in [0.15, 0.2) is 51.9 Å². The quantitative estimate of drug-likeness (QED) is 0.644. The molecule has 0 unspecified atom stereocenters. The summed E-state index contributed by atoms with van der Waals surface area (Å²) in [5, 5.41) is 0.397. The van der Waals surface area contributed by atoms with Gasteiger partial charge in [0.25, 0.3) is 0 Å². The highest BCUT2D eigenvalue weighted by atomic mass is 35.5. The Balaban J connectivity index is 1.81. The molecule has 5 nitrogen and oxygen atoms in total. The number of rotatable bonds is 5. The molecular weight excluding hydrogens is 344 g/mol. The molecule has 1 heterocycles. The minimum Gasteiger partial charge on any atom is -0.497 e. The van der Waals surface area contributed by atoms with Crippen LogP contribution in [-0.2, 0) is 0 Å². The molecule has 0 aliphatic rings. The lowest BCUT2D eigenvalue weighted by Crippen LogP contribution is -2.12. The Morgan fingerprint density at radius 2 is 1.88 bits per heavy atom. The predicted molar refractivity (Wildman–Crippen MR) is 95.1 cm³/mol. The number of Topliss-reactive ketones (excluding diaryl/α,β-unsaturated/α-hetero) is 1. The van der Waals surface area contributed by atoms with Gasteiger partial charge in [0.1, 0.15) is 28.4 Å². The van der Waals surface area contributed by atoms with Crippen molar-refractivity contribution >= 4 is 28.4 Å². The maximum Gasteiger partial charge on any atom is 0.211 e. The number of carbonyl (C=O) groups excluding carboxylic acids is 1. The average Bonchev–Trinajstić information content (AvgIpc) is 2.64. The third-order valence-corrected chi connectivity index (χ3v) is 4.13. The summed E-state index contributed by atoms with van der Waals surface area (Å²) in [5.74, 6) is 0.982. The Morgan fingerprint density at radius 3 is 2.56 bits per heavy atom. The summed E-state index contributed by atoms with van der Waals surface area (Å²) in [6, 6.07) is 10.00. The van der Waals surface area contributed by atoms with Crippen LogP contribution in [0.2, 0.25) is 5.02 Å². The molecule has 0 aliphatic heterocycles. The first-order valence-electron chi connectivity index (χ1n) is 7.52. The van der Waals surface area contributed by atoms with Crippen LogP contribution in [0.3, 0.4) is 0 Å². The lowest BCUT2D eigenvalue weighted by Gasteiger charge is -2.10. The Morgan fingerprint density at radius 1 is 1.16 bits per heavy atom. The fourth-order valence-corrected chi connectivity index (χ4v) is 2.60. The minimum atomic E-state index is -0.299. The molecule has 0 atom stereocenters. The van der Waals surface area contributed by atoms with Crippen LogP contribution < -0.4 is 14.9 Å². The van der Waals surface area contributed by atoms with Gasteiger partial charge >= 0.3 is 0 Å². The van der Waals surface area contributed by atoms with Crippen LogP contribution in [0.25, 0.3) is 11.0 Å². The molecule has 0 saturated heterocycles. The summed E-state index contributed by atoms with van der Waals surface area (Å²) in [7, 11) is 1.56. The first kappa shape index (κ1) is 17.0. The molecule has 0 fully saturated rings. The summed E-state index contributed by atoms with van der Waals surface area (Å²) in [6.07, 6.45) is 1.20. The van der Waals surface area contributed by atoms with Gasteiger partial charge in [-0.05, 0) is 43.3 Å². The number of methoxy groups -OCH3 is 1. The van der Waals surface area contributed by atoms with Crippen LogP contribution in [-0.4, -0.2) is 19.5 Å². The number of halogens is 1. The van der Waals surface area contributed by atoms with Crippen molar-refractivity contribution < 1.29 is 18.7 Å². The fraction of sp³-hybridized carbons (Fsp3) is 0.158. The fourth-order valence-electron chi connectivity index (χ4n) is 2.46. The Bertz CT molecular complexity index is 989. The van der Waals surface area contributed by atoms with E-state index in [4.69, 9.17) is 25.5 Å². The highest BCUT2D eigenvalue weighted by Crippen LogP contribution is 2.27. The topological polar surface area (TPSA) is 65.7 Å². The summed E-state index contributed by atoms with van der Waals surface area (Å²) < 4.78 is 16.1. The second-order valence-electron chi connectivity index (χ2n) is 5.42. The number of benzene rings is 2. The van der Waals surface area contributed by atoms with E-state index in [0.29, 0.717) is 33.6 Å². The molecule has 0 N–H and O–H groups in total. The molecule has 0 radical (unpaired) electrons. The lowest BCUT2D eigenvalue weighted by atomic mass is 10.1. The first-order chi connectivity index (χ1) is 12.0. The van der Waals surface area contributed by atoms with Gasteiger partial charge in [-0.2, -0.15) is 0 Å². The second-order valence-corrected chi connectivity index (χ2v) is 5.83. The van der Waals surface area contributed by atoms with Crippen molar-refractivity contribution in [3.63, 3.8) is 0 Å². The van der Waals surface area contributed by atoms with Gasteiger partial charge in [0.2, 0.25) is 5.43 Å². The SMILES string of the molecule is COc1ccc(C(=O)COc2ccc3c(=O)c(Cl)coc3c2C)cc1. The molecule has 6 heteroatoms. The zero-order chi connectivity index (χ0) is 18.0. The van der Waals surface area contributed by atoms with Crippen molar-refractivity contribution in [2.24, 2.45) is 0 Å². The molecule has 0 saturated carbocycles. The van der Waals surface area contributed by atoms with E-state index in [0.717, 1.165) is 0 Å². The number of fused-ring (bicyclic) bond motifs is 1. The number of hydrogen-bond acceptors (Lipinski definition) is 5. The van der Waals surface area contributed by atoms with E-state index in [-0.39, 0.29) is 22.8 Å². The smallest absolute Gasteiger partial charge is 0.211 e. The Labute approximate surface area is 148 Å². The Hall–Kier alpha value is -2.79. The molecule has 25 heavy (non-hydrogen) atoms. The standard InChI is InChI=1S/C19H15ClO5/c1-11-17(8-7-14-18(22)15(20)9-25-19(11)14)24-10-16(21)12-3-5-13(23-2)6-4-12/h3-9H,10H2,1-2H3. The number of carbonyl (C=O) groups is 1. The molecule has 1 aromatic heterocycles. The molecule has 3 aromatic rings. The third-order valence-electron chi connectivity index (χ3n) is 3.87. The molecular formula is C19H15ClO5. The lowest BCUT2D eigenvalue weighted by molar-refractivity contribution is 0.0921. The third kappa shape index (κ3) is 3.37. The van der Waals surface area contributed by atoms with Gasteiger partial charge in [-0.3, -0.25) is 9.59 Å². The van der Waals surface area contributed by atoms with Crippen molar-refractivity contribution in [1.29, 1.82) is 0 Å². The molecule has 3 rings (SSSR count). The highest BCUT2D eigenvalue weighted by molar-refractivity contribution is 6.30. The van der Waals surface area contributed by atoms with Gasteiger partial charge in [0, 0.05) is 11.1 Å². The molecule has 0 spiro atoms. The van der Waals surface area contributed by atoms with Crippen molar-refractivity contribution in [3.05, 3.63) is 69.0 Å². The van der Waals surface area contributed by atoms with Gasteiger partial charge in [-0.1, -0.05) is 11.6 Å². The zero-order valence-electron chi connectivity index (χ0n) is 13.7. The summed E-state index contributed by atoms with van der Waals surface area (Å²) in [4.78, 5) is 24.2. The molecule has 0 aliphatic carbocycles. The van der Waals surface area contributed by atoms with Crippen LogP contribution >= 0.6 is 11.6 Å². The average molecular weight is 359 g/mol. The maximum atomic E-state index is 12.2. The number of hydrogen-bond donors (Lipinski definition) is 0. The first-order valence-corrected chi connectivity index (χ1v) is 7.89. The number of ether oxygens (including phenoxy) is 2. The van der Waals surface area contributed by atoms with Crippen LogP contribution in [0, 0.1) is 6.92 Å². The van der Waals surface area contributed by atoms with Crippen LogP contribution in [0.4, 0.5) is 0 Å². The maximum absolute atomic E-state index is 12.2. The van der Waals surface area contributed by atoms with Gasteiger partial charge in [0.15, 0.2) is 12.4 Å². The zero-order valence-corrected chi connectivity index (χ0v) is 14.4. The van der Waals surface area contributed by atoms with E-state index in [1.807, 2.05) is 0 Å². The van der Waals surface area contributed by atoms with E-state index in [2.05, 4.69) is 0 Å². The second kappa shape index (κ2) is 6.99. The molecule has 0 amide bonds. The Kier molecular flexibility index (Phi) is 4.76. The molecule has 128 valence electrons. The largest absolute Gasteiger partial charge is 0.497 e. The van der Waals surface area contributed by atoms with E-state index in [1.54, 1.807) is 50.4 Å². The highest BCUT2D eigenvalue weighted by Gasteiger charge is 2.13. The number of aryl methyl sites for hydroxylation is 1. The van der Waals surface area contributed by atoms with E-state index >= 15 is 0 Å². The molecule has 0 bridgehead atoms. The van der Waals surface area contributed by atoms with Crippen molar-refractivity contribution in [2.75, 3.05) is 13.7 Å². The van der Waals surface area contributed by atoms with Crippen molar-refractivity contribution in [1.82, 2.24) is 0 Å². The van der Waals surface area contributed by atoms with Crippen molar-refractivity contribution in [3.8, 4) is 11.5 Å². The van der Waals surface area contributed by atoms with Crippen LogP contribution in [0.5, 0.6) is 11.5 Å². The number of ketones is 1. The van der Waals surface area contributed by atoms with Gasteiger partial charge < -0.3 is 13.9 Å². The van der Waals surface area contributed by atoms with Gasteiger partial charge in [0.05, 0.1) is 12.5 Å². The predicted octanol–water partition coefficient (Wildman–Crippen LogP) is 4.03. The summed E-state index contributed by atoms with van der Waals surface area (Å²) >= 11 is 5.78.